The zero-order chi connectivity index (χ0) is 13.0. The maximum absolute atomic E-state index is 2.33. The summed E-state index contributed by atoms with van der Waals surface area (Å²) in [7, 11) is 0. The van der Waals surface area contributed by atoms with Gasteiger partial charge in [-0.3, -0.25) is 0 Å². The normalized spacial score (nSPS) is 11.7. The first-order valence-electron chi connectivity index (χ1n) is 6.55. The van der Waals surface area contributed by atoms with Crippen LogP contribution in [0.1, 0.15) is 11.1 Å². The SMILES string of the molecule is Cc1ccc2sc3cc(C)c4ccccc4c3c2c1. The van der Waals surface area contributed by atoms with E-state index in [2.05, 4.69) is 62.4 Å². The number of thiophene rings is 1. The molecular weight excluding hydrogens is 248 g/mol. The lowest BCUT2D eigenvalue weighted by molar-refractivity contribution is 1.52. The fraction of sp³-hybridized carbons (Fsp3) is 0.111. The van der Waals surface area contributed by atoms with Crippen LogP contribution in [0.2, 0.25) is 0 Å². The van der Waals surface area contributed by atoms with Gasteiger partial charge in [-0.1, -0.05) is 35.9 Å². The van der Waals surface area contributed by atoms with Gasteiger partial charge in [-0.15, -0.1) is 11.3 Å². The summed E-state index contributed by atoms with van der Waals surface area (Å²) in [5, 5.41) is 5.58. The standard InChI is InChI=1S/C18H14S/c1-11-7-8-16-15(9-11)18-14-6-4-3-5-13(14)12(2)10-17(18)19-16/h3-10H,1-2H3. The van der Waals surface area contributed by atoms with Crippen molar-refractivity contribution < 1.29 is 0 Å². The van der Waals surface area contributed by atoms with Crippen LogP contribution in [0.5, 0.6) is 0 Å². The minimum absolute atomic E-state index is 1.33. The zero-order valence-electron chi connectivity index (χ0n) is 11.0. The average Bonchev–Trinajstić information content (AvgIpc) is 2.76. The molecule has 0 bridgehead atoms. The van der Waals surface area contributed by atoms with Gasteiger partial charge in [0.1, 0.15) is 0 Å². The molecule has 92 valence electrons. The lowest BCUT2D eigenvalue weighted by Crippen LogP contribution is -1.79. The topological polar surface area (TPSA) is 0 Å². The summed E-state index contributed by atoms with van der Waals surface area (Å²) in [5.41, 5.74) is 2.70. The molecule has 0 aliphatic rings. The van der Waals surface area contributed by atoms with Gasteiger partial charge in [0.05, 0.1) is 0 Å². The Kier molecular flexibility index (Phi) is 2.21. The van der Waals surface area contributed by atoms with Gasteiger partial charge in [-0.05, 0) is 48.4 Å². The van der Waals surface area contributed by atoms with Crippen LogP contribution >= 0.6 is 11.3 Å². The quantitative estimate of drug-likeness (QED) is 0.374. The van der Waals surface area contributed by atoms with Crippen LogP contribution in [0.15, 0.2) is 48.5 Å². The van der Waals surface area contributed by atoms with Gasteiger partial charge in [-0.25, -0.2) is 0 Å². The van der Waals surface area contributed by atoms with E-state index in [1.165, 1.54) is 42.1 Å². The van der Waals surface area contributed by atoms with Crippen LogP contribution in [0.3, 0.4) is 0 Å². The van der Waals surface area contributed by atoms with Crippen molar-refractivity contribution in [2.24, 2.45) is 0 Å². The summed E-state index contributed by atoms with van der Waals surface area (Å²) in [6.07, 6.45) is 0. The number of hydrogen-bond donors (Lipinski definition) is 0. The highest BCUT2D eigenvalue weighted by molar-refractivity contribution is 7.26. The van der Waals surface area contributed by atoms with E-state index in [1.807, 2.05) is 11.3 Å². The Labute approximate surface area is 116 Å². The van der Waals surface area contributed by atoms with Crippen molar-refractivity contribution in [3.63, 3.8) is 0 Å². The summed E-state index contributed by atoms with van der Waals surface area (Å²) in [6, 6.07) is 17.8. The lowest BCUT2D eigenvalue weighted by atomic mass is 9.99. The number of benzene rings is 3. The Morgan fingerprint density at radius 3 is 2.37 bits per heavy atom. The molecule has 4 rings (SSSR count). The third-order valence-electron chi connectivity index (χ3n) is 3.84. The van der Waals surface area contributed by atoms with E-state index in [0.717, 1.165) is 0 Å². The summed E-state index contributed by atoms with van der Waals surface area (Å²) >= 11 is 1.90. The van der Waals surface area contributed by atoms with Crippen molar-refractivity contribution in [3.8, 4) is 0 Å². The van der Waals surface area contributed by atoms with E-state index in [9.17, 15) is 0 Å². The average molecular weight is 262 g/mol. The molecule has 19 heavy (non-hydrogen) atoms. The second-order valence-corrected chi connectivity index (χ2v) is 6.30. The highest BCUT2D eigenvalue weighted by Crippen LogP contribution is 2.39. The monoisotopic (exact) mass is 262 g/mol. The molecule has 0 spiro atoms. The van der Waals surface area contributed by atoms with E-state index in [0.29, 0.717) is 0 Å². The van der Waals surface area contributed by atoms with Crippen LogP contribution in [-0.2, 0) is 0 Å². The molecule has 0 nitrogen and oxygen atoms in total. The molecule has 1 aromatic heterocycles. The largest absolute Gasteiger partial charge is 0.135 e. The first-order chi connectivity index (χ1) is 9.24. The third-order valence-corrected chi connectivity index (χ3v) is 4.96. The van der Waals surface area contributed by atoms with Crippen LogP contribution in [-0.4, -0.2) is 0 Å². The van der Waals surface area contributed by atoms with Crippen LogP contribution < -0.4 is 0 Å². The fourth-order valence-corrected chi connectivity index (χ4v) is 4.13. The van der Waals surface area contributed by atoms with Gasteiger partial charge in [0.15, 0.2) is 0 Å². The minimum atomic E-state index is 1.33. The second kappa shape index (κ2) is 3.82. The molecule has 0 unspecified atom stereocenters. The molecule has 0 radical (unpaired) electrons. The van der Waals surface area contributed by atoms with Crippen LogP contribution in [0.25, 0.3) is 30.9 Å². The smallest absolute Gasteiger partial charge is 0.0364 e. The Balaban J connectivity index is 2.36. The van der Waals surface area contributed by atoms with Gasteiger partial charge >= 0.3 is 0 Å². The molecule has 1 heterocycles. The number of rotatable bonds is 0. The van der Waals surface area contributed by atoms with Crippen molar-refractivity contribution in [1.82, 2.24) is 0 Å². The van der Waals surface area contributed by atoms with E-state index in [4.69, 9.17) is 0 Å². The molecular formula is C18H14S. The molecule has 0 atom stereocenters. The van der Waals surface area contributed by atoms with Crippen molar-refractivity contribution >= 4 is 42.3 Å². The van der Waals surface area contributed by atoms with Crippen molar-refractivity contribution in [1.29, 1.82) is 0 Å². The maximum atomic E-state index is 2.33. The molecule has 1 heteroatoms. The summed E-state index contributed by atoms with van der Waals surface area (Å²) in [4.78, 5) is 0. The lowest BCUT2D eigenvalue weighted by Gasteiger charge is -2.04. The van der Waals surface area contributed by atoms with Crippen LogP contribution in [0.4, 0.5) is 0 Å². The first kappa shape index (κ1) is 11.0. The first-order valence-corrected chi connectivity index (χ1v) is 7.37. The van der Waals surface area contributed by atoms with E-state index < -0.39 is 0 Å². The van der Waals surface area contributed by atoms with Crippen LogP contribution in [0, 0.1) is 13.8 Å². The van der Waals surface area contributed by atoms with Gasteiger partial charge in [0, 0.05) is 20.2 Å². The minimum Gasteiger partial charge on any atom is -0.135 e. The Morgan fingerprint density at radius 2 is 1.53 bits per heavy atom. The molecule has 0 fully saturated rings. The Hall–Kier alpha value is -1.86. The molecule has 0 aliphatic carbocycles. The Morgan fingerprint density at radius 1 is 0.737 bits per heavy atom. The number of fused-ring (bicyclic) bond motifs is 5. The molecule has 0 N–H and O–H groups in total. The van der Waals surface area contributed by atoms with Gasteiger partial charge in [-0.2, -0.15) is 0 Å². The predicted octanol–water partition coefficient (Wildman–Crippen LogP) is 5.82. The summed E-state index contributed by atoms with van der Waals surface area (Å²) in [5.74, 6) is 0. The van der Waals surface area contributed by atoms with E-state index >= 15 is 0 Å². The van der Waals surface area contributed by atoms with Crippen molar-refractivity contribution in [2.45, 2.75) is 13.8 Å². The van der Waals surface area contributed by atoms with Gasteiger partial charge < -0.3 is 0 Å². The van der Waals surface area contributed by atoms with Gasteiger partial charge in [0.25, 0.3) is 0 Å². The molecule has 3 aromatic carbocycles. The molecule has 0 saturated carbocycles. The third kappa shape index (κ3) is 1.52. The highest BCUT2D eigenvalue weighted by atomic mass is 32.1. The summed E-state index contributed by atoms with van der Waals surface area (Å²) in [6.45, 7) is 4.37. The molecule has 4 aromatic rings. The highest BCUT2D eigenvalue weighted by Gasteiger charge is 2.10. The predicted molar refractivity (Wildman–Crippen MR) is 86.3 cm³/mol. The summed E-state index contributed by atoms with van der Waals surface area (Å²) < 4.78 is 2.79. The second-order valence-electron chi connectivity index (χ2n) is 5.21. The maximum Gasteiger partial charge on any atom is 0.0364 e. The van der Waals surface area contributed by atoms with Crippen molar-refractivity contribution in [2.75, 3.05) is 0 Å². The number of hydrogen-bond acceptors (Lipinski definition) is 1. The molecule has 0 aliphatic heterocycles. The molecule has 0 saturated heterocycles. The Bertz CT molecular complexity index is 929. The fourth-order valence-electron chi connectivity index (χ4n) is 2.93. The van der Waals surface area contributed by atoms with E-state index in [1.54, 1.807) is 0 Å². The number of aryl methyl sites for hydroxylation is 2. The zero-order valence-corrected chi connectivity index (χ0v) is 11.8. The molecule has 0 amide bonds. The van der Waals surface area contributed by atoms with Crippen molar-refractivity contribution in [3.05, 3.63) is 59.7 Å². The van der Waals surface area contributed by atoms with Gasteiger partial charge in [0.2, 0.25) is 0 Å². The van der Waals surface area contributed by atoms with E-state index in [-0.39, 0.29) is 0 Å².